The summed E-state index contributed by atoms with van der Waals surface area (Å²) in [6.07, 6.45) is 1.91. The molecule has 10 heavy (non-hydrogen) atoms. The number of hydrogen-bond donors (Lipinski definition) is 0. The van der Waals surface area contributed by atoms with Crippen molar-refractivity contribution < 1.29 is 10.6 Å². The van der Waals surface area contributed by atoms with E-state index in [1.54, 1.807) is 0 Å². The summed E-state index contributed by atoms with van der Waals surface area (Å²) in [5, 5.41) is 0. The Kier molecular flexibility index (Phi) is 4.39. The van der Waals surface area contributed by atoms with Crippen LogP contribution >= 0.6 is 37.7 Å². The molecule has 0 aromatic rings. The van der Waals surface area contributed by atoms with Crippen molar-refractivity contribution in [1.82, 2.24) is 0 Å². The molecule has 0 saturated carbocycles. The second-order valence-electron chi connectivity index (χ2n) is 2.31. The van der Waals surface area contributed by atoms with E-state index in [1.807, 2.05) is 6.92 Å². The third kappa shape index (κ3) is 4.67. The molecule has 0 N–H and O–H groups in total. The maximum atomic E-state index is 5.81. The van der Waals surface area contributed by atoms with Gasteiger partial charge >= 0.3 is 79.3 Å². The zero-order valence-corrected chi connectivity index (χ0v) is 10.9. The van der Waals surface area contributed by atoms with Gasteiger partial charge in [-0.25, -0.2) is 0 Å². The van der Waals surface area contributed by atoms with Crippen molar-refractivity contribution in [2.45, 2.75) is 31.0 Å². The van der Waals surface area contributed by atoms with Crippen molar-refractivity contribution >= 4 is 37.7 Å². The SMILES string of the molecule is CCC[CH](C)[Mo]([Cl])([Cl])([Cl])[Cl]. The summed E-state index contributed by atoms with van der Waals surface area (Å²) in [5.74, 6) is 0. The molecule has 0 rings (SSSR count). The van der Waals surface area contributed by atoms with Crippen LogP contribution in [-0.2, 0) is 10.6 Å². The van der Waals surface area contributed by atoms with Crippen molar-refractivity contribution in [2.75, 3.05) is 0 Å². The second-order valence-corrected chi connectivity index (χ2v) is 28.5. The molecule has 5 heteroatoms. The standard InChI is InChI=1S/C5H11.4ClH.Mo/c1-3-5-4-2;;;;;/h3H,4-5H2,1-2H3;4*1H;/q;;;;;+4/p-4. The van der Waals surface area contributed by atoms with Crippen LogP contribution in [0.15, 0.2) is 0 Å². The van der Waals surface area contributed by atoms with E-state index in [0.717, 1.165) is 12.8 Å². The van der Waals surface area contributed by atoms with E-state index in [9.17, 15) is 0 Å². The third-order valence-electron chi connectivity index (χ3n) is 1.30. The van der Waals surface area contributed by atoms with E-state index >= 15 is 0 Å². The van der Waals surface area contributed by atoms with Crippen molar-refractivity contribution in [2.24, 2.45) is 0 Å². The zero-order valence-electron chi connectivity index (χ0n) is 5.91. The van der Waals surface area contributed by atoms with E-state index in [4.69, 9.17) is 37.7 Å². The fraction of sp³-hybridized carbons (Fsp3) is 1.00. The molecule has 0 saturated heterocycles. The first-order valence-electron chi connectivity index (χ1n) is 3.05. The van der Waals surface area contributed by atoms with Gasteiger partial charge in [-0.2, -0.15) is 0 Å². The molecular formula is C5H11Cl4Mo. The van der Waals surface area contributed by atoms with E-state index in [1.165, 1.54) is 0 Å². The molecule has 0 aliphatic heterocycles. The minimum atomic E-state index is -4.00. The molecule has 0 aliphatic carbocycles. The summed E-state index contributed by atoms with van der Waals surface area (Å²) in [5.41, 5.74) is 0. The van der Waals surface area contributed by atoms with Crippen molar-refractivity contribution in [3.05, 3.63) is 0 Å². The molecule has 65 valence electrons. The van der Waals surface area contributed by atoms with Gasteiger partial charge in [0.05, 0.1) is 0 Å². The first-order valence-corrected chi connectivity index (χ1v) is 14.5. The molecule has 0 radical (unpaired) electrons. The molecule has 0 nitrogen and oxygen atoms in total. The van der Waals surface area contributed by atoms with Crippen LogP contribution in [0.25, 0.3) is 0 Å². The van der Waals surface area contributed by atoms with Gasteiger partial charge in [-0.15, -0.1) is 0 Å². The quantitative estimate of drug-likeness (QED) is 0.651. The van der Waals surface area contributed by atoms with E-state index < -0.39 is 10.6 Å². The third-order valence-corrected chi connectivity index (χ3v) is 12.1. The molecular weight excluding hydrogens is 298 g/mol. The molecule has 0 heterocycles. The van der Waals surface area contributed by atoms with Crippen LogP contribution in [0.1, 0.15) is 26.7 Å². The van der Waals surface area contributed by atoms with Crippen LogP contribution in [0.3, 0.4) is 0 Å². The van der Waals surface area contributed by atoms with Gasteiger partial charge in [-0.1, -0.05) is 0 Å². The normalized spacial score (nSPS) is 19.6. The Morgan fingerprint density at radius 2 is 1.60 bits per heavy atom. The predicted octanol–water partition coefficient (Wildman–Crippen LogP) is 4.90. The Labute approximate surface area is 78.7 Å². The van der Waals surface area contributed by atoms with Crippen LogP contribution in [0.5, 0.6) is 0 Å². The first kappa shape index (κ1) is 11.8. The van der Waals surface area contributed by atoms with E-state index in [2.05, 4.69) is 6.92 Å². The Morgan fingerprint density at radius 1 is 1.20 bits per heavy atom. The summed E-state index contributed by atoms with van der Waals surface area (Å²) >= 11 is 0. The van der Waals surface area contributed by atoms with Gasteiger partial charge in [0, 0.05) is 0 Å². The number of halogens is 4. The van der Waals surface area contributed by atoms with Crippen LogP contribution in [0, 0.1) is 0 Å². The van der Waals surface area contributed by atoms with E-state index in [-0.39, 0.29) is 4.31 Å². The molecule has 0 bridgehead atoms. The summed E-state index contributed by atoms with van der Waals surface area (Å²) in [4.78, 5) is 0. The summed E-state index contributed by atoms with van der Waals surface area (Å²) in [6, 6.07) is 0. The van der Waals surface area contributed by atoms with Gasteiger partial charge in [-0.3, -0.25) is 0 Å². The predicted molar refractivity (Wildman–Crippen MR) is 47.7 cm³/mol. The van der Waals surface area contributed by atoms with Crippen LogP contribution in [-0.4, -0.2) is 0 Å². The average molecular weight is 309 g/mol. The molecule has 0 spiro atoms. The summed E-state index contributed by atoms with van der Waals surface area (Å²) in [6.45, 7) is 3.96. The van der Waals surface area contributed by atoms with Crippen molar-refractivity contribution in [3.8, 4) is 0 Å². The first-order chi connectivity index (χ1) is 4.24. The monoisotopic (exact) mass is 309 g/mol. The van der Waals surface area contributed by atoms with E-state index in [0.29, 0.717) is 0 Å². The summed E-state index contributed by atoms with van der Waals surface area (Å²) < 4.78 is 0.0656. The molecule has 0 fully saturated rings. The Balaban J connectivity index is 4.06. The molecule has 1 unspecified atom stereocenters. The Bertz CT molecular complexity index is 107. The van der Waals surface area contributed by atoms with Gasteiger partial charge in [0.25, 0.3) is 0 Å². The molecule has 0 aromatic heterocycles. The molecule has 0 aromatic carbocycles. The van der Waals surface area contributed by atoms with Gasteiger partial charge in [0.15, 0.2) is 0 Å². The average Bonchev–Trinajstić information content (AvgIpc) is 1.62. The Morgan fingerprint density at radius 3 is 1.70 bits per heavy atom. The fourth-order valence-corrected chi connectivity index (χ4v) is 4.15. The zero-order chi connectivity index (χ0) is 8.44. The van der Waals surface area contributed by atoms with Gasteiger partial charge in [0.1, 0.15) is 0 Å². The molecule has 0 aliphatic rings. The van der Waals surface area contributed by atoms with Crippen molar-refractivity contribution in [1.29, 1.82) is 0 Å². The van der Waals surface area contributed by atoms with Crippen LogP contribution in [0.4, 0.5) is 0 Å². The molecule has 0 amide bonds. The van der Waals surface area contributed by atoms with Crippen LogP contribution < -0.4 is 0 Å². The van der Waals surface area contributed by atoms with Gasteiger partial charge in [0.2, 0.25) is 0 Å². The van der Waals surface area contributed by atoms with Gasteiger partial charge < -0.3 is 0 Å². The fourth-order valence-electron chi connectivity index (χ4n) is 0.585. The summed E-state index contributed by atoms with van der Waals surface area (Å²) in [7, 11) is 19.2. The van der Waals surface area contributed by atoms with Gasteiger partial charge in [-0.05, 0) is 0 Å². The maximum absolute atomic E-state index is 5.81. The second kappa shape index (κ2) is 3.71. The number of hydrogen-bond acceptors (Lipinski definition) is 0. The van der Waals surface area contributed by atoms with Crippen molar-refractivity contribution in [3.63, 3.8) is 0 Å². The van der Waals surface area contributed by atoms with Crippen LogP contribution in [0.2, 0.25) is 4.31 Å². The number of rotatable bonds is 3. The topological polar surface area (TPSA) is 0 Å². The minimum absolute atomic E-state index is 0.0656. The molecule has 1 atom stereocenters. The Hall–Kier alpha value is 1.85.